The summed E-state index contributed by atoms with van der Waals surface area (Å²) in [6.45, 7) is 7.31. The number of rotatable bonds is 12. The van der Waals surface area contributed by atoms with Gasteiger partial charge in [-0.15, -0.1) is 0 Å². The van der Waals surface area contributed by atoms with Crippen LogP contribution in [0.4, 0.5) is 9.59 Å². The number of carbonyl (C=O) groups excluding carboxylic acids is 4. The van der Waals surface area contributed by atoms with Crippen LogP contribution in [-0.2, 0) is 19.1 Å². The van der Waals surface area contributed by atoms with Gasteiger partial charge in [0.1, 0.15) is 29.2 Å². The number of ketones is 1. The van der Waals surface area contributed by atoms with Crippen molar-refractivity contribution in [3.05, 3.63) is 59.7 Å². The number of benzene rings is 2. The number of hydrogen-bond acceptors (Lipinski definition) is 7. The lowest BCUT2D eigenvalue weighted by Crippen LogP contribution is -2.51. The van der Waals surface area contributed by atoms with Crippen molar-refractivity contribution in [1.82, 2.24) is 16.0 Å². The summed E-state index contributed by atoms with van der Waals surface area (Å²) < 4.78 is 10.8. The van der Waals surface area contributed by atoms with Crippen molar-refractivity contribution in [3.8, 4) is 17.2 Å². The fraction of sp³-hybridized carbons (Fsp3) is 0.486. The lowest BCUT2D eigenvalue weighted by atomic mass is 9.98. The summed E-state index contributed by atoms with van der Waals surface area (Å²) in [4.78, 5) is 51.7. The molecule has 0 radical (unpaired) electrons. The summed E-state index contributed by atoms with van der Waals surface area (Å²) in [6, 6.07) is 16.3. The number of nitriles is 1. The minimum atomic E-state index is -0.987. The van der Waals surface area contributed by atoms with E-state index in [1.165, 1.54) is 6.92 Å². The number of unbranched alkanes of at least 4 members (excludes halogenated alkanes) is 1. The summed E-state index contributed by atoms with van der Waals surface area (Å²) >= 11 is 0. The van der Waals surface area contributed by atoms with Crippen LogP contribution in [0.15, 0.2) is 48.5 Å². The Balaban J connectivity index is 1.34. The van der Waals surface area contributed by atoms with Crippen molar-refractivity contribution in [2.45, 2.75) is 83.4 Å². The van der Waals surface area contributed by atoms with Gasteiger partial charge in [0.25, 0.3) is 0 Å². The van der Waals surface area contributed by atoms with E-state index >= 15 is 0 Å². The second-order valence-electron chi connectivity index (χ2n) is 12.6. The molecule has 0 bridgehead atoms. The van der Waals surface area contributed by atoms with Crippen LogP contribution >= 0.6 is 10.5 Å². The molecular formula is C35H44N4O6S. The molecule has 1 aliphatic carbocycles. The number of nitrogens with zero attached hydrogens (tertiary/aromatic N) is 1. The van der Waals surface area contributed by atoms with Crippen molar-refractivity contribution in [1.29, 1.82) is 5.26 Å². The highest BCUT2D eigenvalue weighted by Gasteiger charge is 2.31. The van der Waals surface area contributed by atoms with Gasteiger partial charge in [-0.05, 0) is 93.6 Å². The molecule has 3 amide bonds. The highest BCUT2D eigenvalue weighted by molar-refractivity contribution is 8.17. The first-order valence-corrected chi connectivity index (χ1v) is 17.4. The van der Waals surface area contributed by atoms with E-state index in [2.05, 4.69) is 34.2 Å². The first kappa shape index (κ1) is 34.7. The fourth-order valence-electron chi connectivity index (χ4n) is 5.70. The average Bonchev–Trinajstić information content (AvgIpc) is 3.65. The molecule has 46 heavy (non-hydrogen) atoms. The molecule has 1 saturated heterocycles. The minimum absolute atomic E-state index is 0.107. The molecule has 2 aromatic carbocycles. The number of carbonyl (C=O) groups is 4. The topological polar surface area (TPSA) is 147 Å². The molecule has 1 heterocycles. The van der Waals surface area contributed by atoms with Crippen LogP contribution in [0.25, 0.3) is 11.1 Å². The van der Waals surface area contributed by atoms with Gasteiger partial charge < -0.3 is 25.4 Å². The third-order valence-corrected chi connectivity index (χ3v) is 10.4. The molecule has 4 rings (SSSR count). The average molecular weight is 649 g/mol. The first-order valence-electron chi connectivity index (χ1n) is 15.9. The maximum Gasteiger partial charge on any atom is 0.407 e. The van der Waals surface area contributed by atoms with Gasteiger partial charge in [-0.3, -0.25) is 9.59 Å². The van der Waals surface area contributed by atoms with Crippen LogP contribution in [0, 0.1) is 11.3 Å². The third kappa shape index (κ3) is 9.19. The lowest BCUT2D eigenvalue weighted by Gasteiger charge is -2.22. The molecule has 246 valence electrons. The second kappa shape index (κ2) is 15.9. The predicted molar refractivity (Wildman–Crippen MR) is 180 cm³/mol. The number of alkyl carbamates (subject to hydrolysis) is 2. The van der Waals surface area contributed by atoms with E-state index in [0.717, 1.165) is 46.6 Å². The number of amides is 3. The van der Waals surface area contributed by atoms with Gasteiger partial charge in [0.15, 0.2) is 0 Å². The van der Waals surface area contributed by atoms with Crippen molar-refractivity contribution < 1.29 is 28.7 Å². The molecule has 10 nitrogen and oxygen atoms in total. The van der Waals surface area contributed by atoms with Crippen LogP contribution in [0.3, 0.4) is 0 Å². The standard InChI is InChI=1S/C35H44N4O6S/c1-23(38-34(43)44-22-28-26-15-7-5-13-24(26)25-14-6-8-16-27(25)28)32(41)39-29(31(40)30(21-36)46-19-11-12-20-46)17-9-10-18-37-33(42)45-35(2,3)4/h5-8,13-16,23,28-29H,9-12,17-20,22H2,1-4H3,(H,37,42)(H,38,43)(H,39,41)/t23-,29-/m0/s1. The van der Waals surface area contributed by atoms with Gasteiger partial charge in [-0.1, -0.05) is 48.5 Å². The number of nitrogens with one attached hydrogen (secondary N) is 3. The van der Waals surface area contributed by atoms with Crippen LogP contribution in [0.5, 0.6) is 0 Å². The third-order valence-electron chi connectivity index (χ3n) is 7.94. The van der Waals surface area contributed by atoms with Crippen molar-refractivity contribution in [2.75, 3.05) is 24.7 Å². The fourth-order valence-corrected chi connectivity index (χ4v) is 7.98. The Morgan fingerprint density at radius 2 is 1.54 bits per heavy atom. The van der Waals surface area contributed by atoms with E-state index in [1.807, 2.05) is 36.4 Å². The highest BCUT2D eigenvalue weighted by Crippen LogP contribution is 2.44. The lowest BCUT2D eigenvalue weighted by molar-refractivity contribution is -0.126. The first-order chi connectivity index (χ1) is 22.0. The molecule has 2 atom stereocenters. The molecule has 1 fully saturated rings. The number of fused-ring (bicyclic) bond motifs is 3. The quantitative estimate of drug-likeness (QED) is 0.206. The molecule has 0 unspecified atom stereocenters. The SMILES string of the molecule is C[C@H](NC(=O)OCC1c2ccccc2-c2ccccc21)C(=O)N[C@@H](CCCCNC(=O)OC(C)(C)C)C(=O)C(C#N)=S1CCCC1. The Labute approximate surface area is 273 Å². The van der Waals surface area contributed by atoms with Crippen molar-refractivity contribution >= 4 is 39.2 Å². The molecule has 11 heteroatoms. The highest BCUT2D eigenvalue weighted by atomic mass is 32.2. The van der Waals surface area contributed by atoms with Gasteiger partial charge in [0, 0.05) is 12.5 Å². The van der Waals surface area contributed by atoms with E-state index in [9.17, 15) is 24.4 Å². The maximum atomic E-state index is 13.6. The van der Waals surface area contributed by atoms with Gasteiger partial charge in [0.05, 0.1) is 6.04 Å². The molecule has 2 aliphatic rings. The molecule has 1 aliphatic heterocycles. The summed E-state index contributed by atoms with van der Waals surface area (Å²) in [5.74, 6) is 0.551. The van der Waals surface area contributed by atoms with Gasteiger partial charge in [0.2, 0.25) is 11.7 Å². The Bertz CT molecular complexity index is 1470. The number of hydrogen-bond donors (Lipinski definition) is 3. The van der Waals surface area contributed by atoms with E-state index in [1.54, 1.807) is 20.8 Å². The van der Waals surface area contributed by atoms with Crippen molar-refractivity contribution in [3.63, 3.8) is 0 Å². The minimum Gasteiger partial charge on any atom is -0.449 e. The molecule has 2 aromatic rings. The Hall–Kier alpha value is -4.17. The van der Waals surface area contributed by atoms with E-state index in [0.29, 0.717) is 19.4 Å². The van der Waals surface area contributed by atoms with Gasteiger partial charge in [-0.2, -0.15) is 15.7 Å². The zero-order valence-electron chi connectivity index (χ0n) is 27.0. The molecule has 0 aromatic heterocycles. The summed E-state index contributed by atoms with van der Waals surface area (Å²) in [5, 5.41) is 17.9. The number of Topliss-reactive ketones (excluding diaryl/α,β-unsaturated/α-hetero) is 1. The molecular weight excluding hydrogens is 604 g/mol. The van der Waals surface area contributed by atoms with E-state index in [4.69, 9.17) is 9.47 Å². The van der Waals surface area contributed by atoms with Crippen LogP contribution in [-0.4, -0.2) is 71.1 Å². The molecule has 0 spiro atoms. The van der Waals surface area contributed by atoms with Crippen molar-refractivity contribution in [2.24, 2.45) is 0 Å². The normalized spacial score (nSPS) is 15.5. The van der Waals surface area contributed by atoms with E-state index < -0.39 is 46.3 Å². The van der Waals surface area contributed by atoms with Gasteiger partial charge >= 0.3 is 12.2 Å². The summed E-state index contributed by atoms with van der Waals surface area (Å²) in [5.41, 5.74) is 3.78. The second-order valence-corrected chi connectivity index (χ2v) is 14.8. The molecule has 0 saturated carbocycles. The van der Waals surface area contributed by atoms with Gasteiger partial charge in [-0.25, -0.2) is 9.59 Å². The number of ether oxygens (including phenoxy) is 2. The maximum absolute atomic E-state index is 13.6. The summed E-state index contributed by atoms with van der Waals surface area (Å²) in [6.07, 6.45) is 2.00. The van der Waals surface area contributed by atoms with E-state index in [-0.39, 0.29) is 29.6 Å². The Morgan fingerprint density at radius 1 is 0.935 bits per heavy atom. The largest absolute Gasteiger partial charge is 0.449 e. The monoisotopic (exact) mass is 648 g/mol. The van der Waals surface area contributed by atoms with Crippen LogP contribution < -0.4 is 16.0 Å². The smallest absolute Gasteiger partial charge is 0.407 e. The summed E-state index contributed by atoms with van der Waals surface area (Å²) in [7, 11) is -0.420. The Kier molecular flexibility index (Phi) is 12.0. The van der Waals surface area contributed by atoms with Crippen LogP contribution in [0.2, 0.25) is 0 Å². The van der Waals surface area contributed by atoms with Crippen LogP contribution in [0.1, 0.15) is 76.8 Å². The zero-order valence-corrected chi connectivity index (χ0v) is 27.8. The Morgan fingerprint density at radius 3 is 2.13 bits per heavy atom. The zero-order chi connectivity index (χ0) is 33.3. The molecule has 3 N–H and O–H groups in total. The predicted octanol–water partition coefficient (Wildman–Crippen LogP) is 5.42.